The highest BCUT2D eigenvalue weighted by Crippen LogP contribution is 2.47. The first-order chi connectivity index (χ1) is 15.1. The highest BCUT2D eigenvalue weighted by Gasteiger charge is 2.58. The van der Waals surface area contributed by atoms with Gasteiger partial charge in [-0.25, -0.2) is 0 Å². The number of hydrogen-bond acceptors (Lipinski definition) is 4. The predicted octanol–water partition coefficient (Wildman–Crippen LogP) is 5.24. The average Bonchev–Trinajstić information content (AvgIpc) is 3.15. The van der Waals surface area contributed by atoms with Gasteiger partial charge in [0.25, 0.3) is 0 Å². The van der Waals surface area contributed by atoms with Crippen LogP contribution in [0.2, 0.25) is 5.02 Å². The maximum Gasteiger partial charge on any atom is 0.245 e. The molecule has 31 heavy (non-hydrogen) atoms. The summed E-state index contributed by atoms with van der Waals surface area (Å²) in [5.41, 5.74) is 3.07. The molecule has 0 spiro atoms. The molecule has 0 amide bonds. The number of hydrogen-bond donors (Lipinski definition) is 0. The third-order valence-electron chi connectivity index (χ3n) is 6.19. The summed E-state index contributed by atoms with van der Waals surface area (Å²) < 4.78 is 0. The molecule has 0 saturated carbocycles. The second-order valence-electron chi connectivity index (χ2n) is 7.84. The summed E-state index contributed by atoms with van der Waals surface area (Å²) in [6.45, 7) is 0. The van der Waals surface area contributed by atoms with Gasteiger partial charge in [-0.05, 0) is 29.3 Å². The molecule has 3 aromatic carbocycles. The van der Waals surface area contributed by atoms with Crippen molar-refractivity contribution in [3.8, 4) is 0 Å². The molecule has 2 aliphatic heterocycles. The Bertz CT molecular complexity index is 1180. The standard InChI is InChI=1S/C25H19ClN2O3/c26-19-13-10-17(11-14-19)22-23(28(30)31)21-15-12-16-6-4-5-9-20(16)27(21)24(22)25(29)18-7-2-1-3-8-18/h1-15,21-24H. The van der Waals surface area contributed by atoms with Gasteiger partial charge in [-0.3, -0.25) is 14.9 Å². The fraction of sp³-hybridized carbons (Fsp3) is 0.160. The van der Waals surface area contributed by atoms with E-state index in [1.54, 1.807) is 36.4 Å². The molecule has 5 rings (SSSR count). The molecule has 0 N–H and O–H groups in total. The molecule has 2 aliphatic rings. The molecular formula is C25H19ClN2O3. The fourth-order valence-corrected chi connectivity index (χ4v) is 5.01. The molecule has 2 heterocycles. The maximum atomic E-state index is 13.8. The molecule has 1 saturated heterocycles. The van der Waals surface area contributed by atoms with E-state index in [1.807, 2.05) is 59.5 Å². The summed E-state index contributed by atoms with van der Waals surface area (Å²) in [6.07, 6.45) is 3.78. The first kappa shape index (κ1) is 19.5. The Kier molecular flexibility index (Phi) is 4.83. The van der Waals surface area contributed by atoms with Gasteiger partial charge in [0.05, 0.1) is 5.92 Å². The molecule has 4 unspecified atom stereocenters. The number of rotatable bonds is 4. The van der Waals surface area contributed by atoms with Gasteiger partial charge in [0.2, 0.25) is 6.04 Å². The summed E-state index contributed by atoms with van der Waals surface area (Å²) in [5.74, 6) is -0.749. The number of benzene rings is 3. The number of para-hydroxylation sites is 1. The van der Waals surface area contributed by atoms with Gasteiger partial charge in [-0.1, -0.05) is 84.4 Å². The number of fused-ring (bicyclic) bond motifs is 3. The average molecular weight is 431 g/mol. The Labute approximate surface area is 184 Å². The van der Waals surface area contributed by atoms with Crippen LogP contribution in [0.5, 0.6) is 0 Å². The number of anilines is 1. The minimum absolute atomic E-state index is 0.125. The number of nitro groups is 1. The van der Waals surface area contributed by atoms with E-state index in [1.165, 1.54) is 0 Å². The van der Waals surface area contributed by atoms with Gasteiger partial charge in [0, 0.05) is 21.2 Å². The van der Waals surface area contributed by atoms with E-state index in [2.05, 4.69) is 0 Å². The van der Waals surface area contributed by atoms with Gasteiger partial charge in [0.15, 0.2) is 5.78 Å². The van der Waals surface area contributed by atoms with Crippen molar-refractivity contribution < 1.29 is 9.72 Å². The molecule has 3 aromatic rings. The smallest absolute Gasteiger partial charge is 0.245 e. The molecule has 4 atom stereocenters. The van der Waals surface area contributed by atoms with E-state index in [-0.39, 0.29) is 10.7 Å². The van der Waals surface area contributed by atoms with E-state index in [9.17, 15) is 14.9 Å². The highest BCUT2D eigenvalue weighted by molar-refractivity contribution is 6.30. The predicted molar refractivity (Wildman–Crippen MR) is 121 cm³/mol. The quantitative estimate of drug-likeness (QED) is 0.323. The van der Waals surface area contributed by atoms with Crippen molar-refractivity contribution in [1.29, 1.82) is 0 Å². The minimum Gasteiger partial charge on any atom is -0.346 e. The minimum atomic E-state index is -0.969. The van der Waals surface area contributed by atoms with Crippen LogP contribution in [0, 0.1) is 10.1 Å². The molecular weight excluding hydrogens is 412 g/mol. The van der Waals surface area contributed by atoms with Crippen LogP contribution in [0.1, 0.15) is 27.4 Å². The number of halogens is 1. The van der Waals surface area contributed by atoms with Crippen molar-refractivity contribution in [3.05, 3.63) is 117 Å². The van der Waals surface area contributed by atoms with Crippen LogP contribution in [0.15, 0.2) is 84.9 Å². The van der Waals surface area contributed by atoms with E-state index in [0.29, 0.717) is 10.6 Å². The summed E-state index contributed by atoms with van der Waals surface area (Å²) in [7, 11) is 0. The van der Waals surface area contributed by atoms with Crippen molar-refractivity contribution in [2.45, 2.75) is 24.0 Å². The number of Topliss-reactive ketones (excluding diaryl/α,β-unsaturated/α-hetero) is 1. The van der Waals surface area contributed by atoms with Crippen molar-refractivity contribution in [2.24, 2.45) is 0 Å². The normalized spacial score (nSPS) is 23.8. The van der Waals surface area contributed by atoms with Crippen molar-refractivity contribution in [1.82, 2.24) is 0 Å². The molecule has 0 bridgehead atoms. The Hall–Kier alpha value is -3.44. The third kappa shape index (κ3) is 3.22. The van der Waals surface area contributed by atoms with Crippen LogP contribution in [0.4, 0.5) is 5.69 Å². The first-order valence-corrected chi connectivity index (χ1v) is 10.5. The van der Waals surface area contributed by atoms with Crippen LogP contribution in [0.3, 0.4) is 0 Å². The van der Waals surface area contributed by atoms with Crippen molar-refractivity contribution in [2.75, 3.05) is 4.90 Å². The van der Waals surface area contributed by atoms with E-state index in [4.69, 9.17) is 11.6 Å². The summed E-state index contributed by atoms with van der Waals surface area (Å²) >= 11 is 6.08. The molecule has 6 heteroatoms. The summed E-state index contributed by atoms with van der Waals surface area (Å²) in [6, 6.07) is 21.5. The van der Waals surface area contributed by atoms with Gasteiger partial charge >= 0.3 is 0 Å². The molecule has 0 aliphatic carbocycles. The lowest BCUT2D eigenvalue weighted by atomic mass is 9.84. The van der Waals surface area contributed by atoms with Crippen molar-refractivity contribution >= 4 is 29.1 Å². The van der Waals surface area contributed by atoms with Crippen LogP contribution < -0.4 is 4.90 Å². The van der Waals surface area contributed by atoms with E-state index in [0.717, 1.165) is 16.8 Å². The topological polar surface area (TPSA) is 63.4 Å². The Morgan fingerprint density at radius 1 is 0.935 bits per heavy atom. The lowest BCUT2D eigenvalue weighted by Crippen LogP contribution is -2.44. The van der Waals surface area contributed by atoms with Gasteiger partial charge in [-0.2, -0.15) is 0 Å². The lowest BCUT2D eigenvalue weighted by molar-refractivity contribution is -0.524. The molecule has 0 radical (unpaired) electrons. The maximum absolute atomic E-state index is 13.8. The van der Waals surface area contributed by atoms with Gasteiger partial charge in [0.1, 0.15) is 12.1 Å². The van der Waals surface area contributed by atoms with Gasteiger partial charge < -0.3 is 4.90 Å². The second kappa shape index (κ2) is 7.67. The number of ketones is 1. The highest BCUT2D eigenvalue weighted by atomic mass is 35.5. The molecule has 154 valence electrons. The summed E-state index contributed by atoms with van der Waals surface area (Å²) in [4.78, 5) is 27.8. The van der Waals surface area contributed by atoms with Crippen LogP contribution in [-0.2, 0) is 0 Å². The summed E-state index contributed by atoms with van der Waals surface area (Å²) in [5, 5.41) is 12.9. The van der Waals surface area contributed by atoms with Crippen LogP contribution in [-0.4, -0.2) is 28.8 Å². The lowest BCUT2D eigenvalue weighted by Gasteiger charge is -2.34. The van der Waals surface area contributed by atoms with Crippen LogP contribution >= 0.6 is 11.6 Å². The first-order valence-electron chi connectivity index (χ1n) is 10.1. The van der Waals surface area contributed by atoms with E-state index < -0.39 is 24.0 Å². The Balaban J connectivity index is 1.72. The Morgan fingerprint density at radius 3 is 2.32 bits per heavy atom. The monoisotopic (exact) mass is 430 g/mol. The van der Waals surface area contributed by atoms with Crippen LogP contribution in [0.25, 0.3) is 6.08 Å². The zero-order valence-corrected chi connectivity index (χ0v) is 17.2. The van der Waals surface area contributed by atoms with Gasteiger partial charge in [-0.15, -0.1) is 0 Å². The molecule has 5 nitrogen and oxygen atoms in total. The number of nitrogens with zero attached hydrogens (tertiary/aromatic N) is 2. The SMILES string of the molecule is O=C(c1ccccc1)C1C(c2ccc(Cl)cc2)C([N+](=O)[O-])C2C=Cc3ccccc3N21. The van der Waals surface area contributed by atoms with E-state index >= 15 is 0 Å². The Morgan fingerprint density at radius 2 is 1.61 bits per heavy atom. The number of carbonyl (C=O) groups excluding carboxylic acids is 1. The molecule has 1 fully saturated rings. The zero-order valence-electron chi connectivity index (χ0n) is 16.5. The fourth-order valence-electron chi connectivity index (χ4n) is 4.89. The largest absolute Gasteiger partial charge is 0.346 e. The second-order valence-corrected chi connectivity index (χ2v) is 8.28. The third-order valence-corrected chi connectivity index (χ3v) is 6.44. The number of carbonyl (C=O) groups is 1. The zero-order chi connectivity index (χ0) is 21.5. The molecule has 0 aromatic heterocycles. The van der Waals surface area contributed by atoms with Crippen molar-refractivity contribution in [3.63, 3.8) is 0 Å².